The summed E-state index contributed by atoms with van der Waals surface area (Å²) in [5, 5.41) is 20.5. The van der Waals surface area contributed by atoms with Crippen LogP contribution in [0.2, 0.25) is 5.02 Å². The van der Waals surface area contributed by atoms with Gasteiger partial charge in [-0.1, -0.05) is 23.7 Å². The summed E-state index contributed by atoms with van der Waals surface area (Å²) >= 11 is 6.32. The zero-order chi connectivity index (χ0) is 25.5. The van der Waals surface area contributed by atoms with Gasteiger partial charge in [-0.25, -0.2) is 9.97 Å². The van der Waals surface area contributed by atoms with Gasteiger partial charge < -0.3 is 4.98 Å². The van der Waals surface area contributed by atoms with Crippen LogP contribution in [-0.2, 0) is 0 Å². The average molecular weight is 523 g/mol. The predicted octanol–water partition coefficient (Wildman–Crippen LogP) is 3.82. The fraction of sp³-hybridized carbons (Fsp3) is 0.192. The lowest BCUT2D eigenvalue weighted by atomic mass is 10.1. The number of halogens is 1. The minimum absolute atomic E-state index is 0.116. The summed E-state index contributed by atoms with van der Waals surface area (Å²) in [5.41, 5.74) is 5.59. The number of benzene rings is 2. The first-order valence-corrected chi connectivity index (χ1v) is 12.6. The molecule has 0 amide bonds. The molecule has 12 heteroatoms. The fourth-order valence-electron chi connectivity index (χ4n) is 5.72. The van der Waals surface area contributed by atoms with Crippen molar-refractivity contribution in [3.63, 3.8) is 0 Å². The number of hydrogen-bond acceptors (Lipinski definition) is 7. The quantitative estimate of drug-likeness (QED) is 0.359. The summed E-state index contributed by atoms with van der Waals surface area (Å²) in [7, 11) is 0. The van der Waals surface area contributed by atoms with Gasteiger partial charge in [-0.3, -0.25) is 14.5 Å². The highest BCUT2D eigenvalue weighted by molar-refractivity contribution is 6.31. The Labute approximate surface area is 219 Å². The number of nitrogens with one attached hydrogen (secondary N) is 2. The van der Waals surface area contributed by atoms with Crippen molar-refractivity contribution in [1.82, 2.24) is 49.9 Å². The molecule has 1 aliphatic heterocycles. The highest BCUT2D eigenvalue weighted by Gasteiger charge is 2.55. The van der Waals surface area contributed by atoms with Gasteiger partial charge in [0.1, 0.15) is 18.0 Å². The van der Waals surface area contributed by atoms with Crippen molar-refractivity contribution < 1.29 is 0 Å². The minimum atomic E-state index is -0.139. The van der Waals surface area contributed by atoms with E-state index in [0.717, 1.165) is 45.9 Å². The molecule has 0 bridgehead atoms. The molecule has 4 aromatic heterocycles. The molecule has 2 aliphatic rings. The molecule has 0 spiro atoms. The zero-order valence-electron chi connectivity index (χ0n) is 20.0. The van der Waals surface area contributed by atoms with Crippen LogP contribution < -0.4 is 5.56 Å². The van der Waals surface area contributed by atoms with Crippen molar-refractivity contribution in [3.05, 3.63) is 87.6 Å². The second-order valence-electron chi connectivity index (χ2n) is 9.84. The molecule has 5 heterocycles. The Hall–Kier alpha value is -4.64. The van der Waals surface area contributed by atoms with Crippen LogP contribution >= 0.6 is 11.6 Å². The van der Waals surface area contributed by atoms with Gasteiger partial charge in [0.2, 0.25) is 0 Å². The van der Waals surface area contributed by atoms with Crippen molar-refractivity contribution in [3.8, 4) is 28.3 Å². The molecule has 38 heavy (non-hydrogen) atoms. The van der Waals surface area contributed by atoms with Crippen LogP contribution in [0.1, 0.15) is 35.6 Å². The van der Waals surface area contributed by atoms with E-state index in [2.05, 4.69) is 35.7 Å². The normalized spacial score (nSPS) is 19.6. The molecule has 1 fully saturated rings. The van der Waals surface area contributed by atoms with Gasteiger partial charge in [-0.05, 0) is 54.0 Å². The topological polar surface area (TPSA) is 136 Å². The number of imidazole rings is 1. The smallest absolute Gasteiger partial charge is 0.254 e. The molecule has 3 unspecified atom stereocenters. The van der Waals surface area contributed by atoms with Gasteiger partial charge >= 0.3 is 0 Å². The monoisotopic (exact) mass is 522 g/mol. The Kier molecular flexibility index (Phi) is 4.34. The molecule has 1 saturated carbocycles. The lowest BCUT2D eigenvalue weighted by Gasteiger charge is -2.17. The summed E-state index contributed by atoms with van der Waals surface area (Å²) < 4.78 is 3.34. The lowest BCUT2D eigenvalue weighted by molar-refractivity contribution is 0.522. The van der Waals surface area contributed by atoms with Crippen molar-refractivity contribution >= 4 is 22.5 Å². The molecule has 8 rings (SSSR count). The molecular formula is C26H19ClN10O. The maximum absolute atomic E-state index is 13.6. The summed E-state index contributed by atoms with van der Waals surface area (Å²) in [5.74, 6) is 2.05. The number of aromatic amines is 2. The standard InChI is InChI=1S/C26H19ClN10O/c1-12-15-4-2-13(6-20(15)33-32-12)25-28-10-21(30-25)24-16-8-17(16)26-31-19(9-23(38)37(24)26)18-7-14(27)3-5-22(18)36-11-29-34-35-36/h2-7,9-11,16-17,24H,8H2,1H3,(H,28,30)(H,32,33). The fourth-order valence-corrected chi connectivity index (χ4v) is 5.89. The van der Waals surface area contributed by atoms with E-state index >= 15 is 0 Å². The summed E-state index contributed by atoms with van der Waals surface area (Å²) in [6.07, 6.45) is 4.31. The van der Waals surface area contributed by atoms with E-state index in [4.69, 9.17) is 16.6 Å². The highest BCUT2D eigenvalue weighted by Crippen LogP contribution is 2.60. The van der Waals surface area contributed by atoms with Crippen LogP contribution in [0, 0.1) is 12.8 Å². The molecular weight excluding hydrogens is 504 g/mol. The predicted molar refractivity (Wildman–Crippen MR) is 139 cm³/mol. The van der Waals surface area contributed by atoms with E-state index < -0.39 is 0 Å². The summed E-state index contributed by atoms with van der Waals surface area (Å²) in [4.78, 5) is 26.7. The number of aryl methyl sites for hydroxylation is 1. The molecule has 3 atom stereocenters. The van der Waals surface area contributed by atoms with E-state index in [1.165, 1.54) is 11.0 Å². The molecule has 186 valence electrons. The number of hydrogen-bond donors (Lipinski definition) is 2. The van der Waals surface area contributed by atoms with Gasteiger partial charge in [0.15, 0.2) is 0 Å². The summed E-state index contributed by atoms with van der Waals surface area (Å²) in [6.45, 7) is 2.00. The zero-order valence-corrected chi connectivity index (χ0v) is 20.8. The van der Waals surface area contributed by atoms with Crippen LogP contribution in [0.4, 0.5) is 0 Å². The second kappa shape index (κ2) is 7.68. The molecule has 1 aliphatic carbocycles. The number of fused-ring (bicyclic) bond motifs is 4. The van der Waals surface area contributed by atoms with E-state index in [-0.39, 0.29) is 17.5 Å². The molecule has 2 N–H and O–H groups in total. The Morgan fingerprint density at radius 3 is 2.92 bits per heavy atom. The third-order valence-electron chi connectivity index (χ3n) is 7.60. The van der Waals surface area contributed by atoms with E-state index in [0.29, 0.717) is 27.9 Å². The molecule has 0 saturated heterocycles. The van der Waals surface area contributed by atoms with Crippen molar-refractivity contribution in [2.75, 3.05) is 0 Å². The Morgan fingerprint density at radius 2 is 2.05 bits per heavy atom. The first kappa shape index (κ1) is 21.4. The molecule has 11 nitrogen and oxygen atoms in total. The Bertz CT molecular complexity index is 1940. The van der Waals surface area contributed by atoms with E-state index in [1.807, 2.05) is 37.4 Å². The van der Waals surface area contributed by atoms with Crippen LogP contribution in [0.25, 0.3) is 39.2 Å². The van der Waals surface area contributed by atoms with Crippen LogP contribution in [0.15, 0.2) is 59.8 Å². The van der Waals surface area contributed by atoms with Crippen molar-refractivity contribution in [2.45, 2.75) is 25.3 Å². The maximum Gasteiger partial charge on any atom is 0.254 e. The van der Waals surface area contributed by atoms with E-state index in [1.54, 1.807) is 22.8 Å². The maximum atomic E-state index is 13.6. The van der Waals surface area contributed by atoms with Crippen LogP contribution in [0.3, 0.4) is 0 Å². The van der Waals surface area contributed by atoms with Crippen LogP contribution in [0.5, 0.6) is 0 Å². The first-order valence-electron chi connectivity index (χ1n) is 12.2. The lowest BCUT2D eigenvalue weighted by Crippen LogP contribution is -2.27. The van der Waals surface area contributed by atoms with Gasteiger partial charge in [-0.2, -0.15) is 9.78 Å². The summed E-state index contributed by atoms with van der Waals surface area (Å²) in [6, 6.07) is 12.9. The number of tetrazole rings is 1. The Morgan fingerprint density at radius 1 is 1.13 bits per heavy atom. The third-order valence-corrected chi connectivity index (χ3v) is 7.83. The number of rotatable bonds is 4. The van der Waals surface area contributed by atoms with E-state index in [9.17, 15) is 4.79 Å². The van der Waals surface area contributed by atoms with Gasteiger partial charge in [0.05, 0.1) is 34.8 Å². The number of aromatic nitrogens is 10. The number of nitrogens with zero attached hydrogens (tertiary/aromatic N) is 8. The minimum Gasteiger partial charge on any atom is -0.340 e. The van der Waals surface area contributed by atoms with Crippen LogP contribution in [-0.4, -0.2) is 49.9 Å². The average Bonchev–Trinajstić information content (AvgIpc) is 3.35. The molecule has 2 aromatic carbocycles. The van der Waals surface area contributed by atoms with Gasteiger partial charge in [0, 0.05) is 39.2 Å². The first-order chi connectivity index (χ1) is 18.5. The molecule has 0 radical (unpaired) electrons. The van der Waals surface area contributed by atoms with Crippen molar-refractivity contribution in [2.24, 2.45) is 5.92 Å². The number of H-pyrrole nitrogens is 2. The van der Waals surface area contributed by atoms with Gasteiger partial charge in [0.25, 0.3) is 5.56 Å². The van der Waals surface area contributed by atoms with Crippen molar-refractivity contribution in [1.29, 1.82) is 0 Å². The third kappa shape index (κ3) is 3.11. The Balaban J connectivity index is 1.20. The van der Waals surface area contributed by atoms with Gasteiger partial charge in [-0.15, -0.1) is 5.10 Å². The SMILES string of the molecule is Cc1[nH]nc2cc(-c3ncc(C4C5CC5c5nc(-c6cc(Cl)ccc6-n6cnnn6)cc(=O)n54)[nH]3)ccc12. The largest absolute Gasteiger partial charge is 0.340 e. The highest BCUT2D eigenvalue weighted by atomic mass is 35.5. The molecule has 6 aromatic rings. The second-order valence-corrected chi connectivity index (χ2v) is 10.3.